The fraction of sp³-hybridized carbons (Fsp3) is 0.211. The predicted octanol–water partition coefficient (Wildman–Crippen LogP) is 3.68. The summed E-state index contributed by atoms with van der Waals surface area (Å²) >= 11 is 0. The largest absolute Gasteiger partial charge is 0.280 e. The van der Waals surface area contributed by atoms with Gasteiger partial charge in [-0.1, -0.05) is 37.6 Å². The smallest absolute Gasteiger partial charge is 0.261 e. The summed E-state index contributed by atoms with van der Waals surface area (Å²) in [5.74, 6) is 0. The summed E-state index contributed by atoms with van der Waals surface area (Å²) in [6.45, 7) is 2.69. The van der Waals surface area contributed by atoms with Gasteiger partial charge in [0.1, 0.15) is 0 Å². The Kier molecular flexibility index (Phi) is 5.19. The summed E-state index contributed by atoms with van der Waals surface area (Å²) in [5, 5.41) is 4.16. The van der Waals surface area contributed by atoms with Crippen molar-refractivity contribution >= 4 is 15.7 Å². The Balaban J connectivity index is 1.76. The van der Waals surface area contributed by atoms with Crippen LogP contribution < -0.4 is 4.72 Å². The summed E-state index contributed by atoms with van der Waals surface area (Å²) in [4.78, 5) is 0.268. The second-order valence-electron chi connectivity index (χ2n) is 5.90. The van der Waals surface area contributed by atoms with E-state index in [-0.39, 0.29) is 4.90 Å². The standard InChI is InChI=1S/C19H21N3O2S/c1-2-5-16-8-10-19(11-9-16)25(23,24)21-18-7-3-6-17(14-18)15-22-13-4-12-20-22/h3-4,6-14,21H,2,5,15H2,1H3. The molecule has 0 fully saturated rings. The lowest BCUT2D eigenvalue weighted by Crippen LogP contribution is -2.13. The van der Waals surface area contributed by atoms with E-state index in [0.29, 0.717) is 12.2 Å². The molecule has 1 aromatic heterocycles. The van der Waals surface area contributed by atoms with Crippen LogP contribution >= 0.6 is 0 Å². The third-order valence-corrected chi connectivity index (χ3v) is 5.25. The monoisotopic (exact) mass is 355 g/mol. The van der Waals surface area contributed by atoms with Crippen LogP contribution in [-0.2, 0) is 23.0 Å². The van der Waals surface area contributed by atoms with E-state index in [4.69, 9.17) is 0 Å². The Morgan fingerprint density at radius 3 is 2.52 bits per heavy atom. The Bertz CT molecular complexity index is 918. The number of nitrogens with one attached hydrogen (secondary N) is 1. The zero-order valence-electron chi connectivity index (χ0n) is 14.1. The van der Waals surface area contributed by atoms with Crippen LogP contribution in [0.1, 0.15) is 24.5 Å². The molecular formula is C19H21N3O2S. The molecule has 2 aromatic carbocycles. The topological polar surface area (TPSA) is 64.0 Å². The molecule has 3 rings (SSSR count). The van der Waals surface area contributed by atoms with E-state index in [9.17, 15) is 8.42 Å². The fourth-order valence-electron chi connectivity index (χ4n) is 2.65. The number of nitrogens with zero attached hydrogens (tertiary/aromatic N) is 2. The molecule has 0 saturated heterocycles. The molecular weight excluding hydrogens is 334 g/mol. The molecule has 0 aliphatic carbocycles. The molecule has 1 N–H and O–H groups in total. The highest BCUT2D eigenvalue weighted by Gasteiger charge is 2.14. The summed E-state index contributed by atoms with van der Waals surface area (Å²) < 4.78 is 29.6. The van der Waals surface area contributed by atoms with Crippen LogP contribution in [0.15, 0.2) is 71.9 Å². The van der Waals surface area contributed by atoms with Crippen molar-refractivity contribution in [3.8, 4) is 0 Å². The van der Waals surface area contributed by atoms with E-state index in [1.807, 2.05) is 42.6 Å². The van der Waals surface area contributed by atoms with Gasteiger partial charge in [-0.15, -0.1) is 0 Å². The van der Waals surface area contributed by atoms with Crippen molar-refractivity contribution in [1.82, 2.24) is 9.78 Å². The van der Waals surface area contributed by atoms with Gasteiger partial charge < -0.3 is 0 Å². The Morgan fingerprint density at radius 2 is 1.84 bits per heavy atom. The maximum Gasteiger partial charge on any atom is 0.261 e. The van der Waals surface area contributed by atoms with Gasteiger partial charge in [-0.3, -0.25) is 9.40 Å². The second-order valence-corrected chi connectivity index (χ2v) is 7.59. The predicted molar refractivity (Wildman–Crippen MR) is 99.0 cm³/mol. The quantitative estimate of drug-likeness (QED) is 0.703. The van der Waals surface area contributed by atoms with Crippen LogP contribution in [0, 0.1) is 0 Å². The molecule has 5 nitrogen and oxygen atoms in total. The number of aryl methyl sites for hydroxylation is 1. The van der Waals surface area contributed by atoms with E-state index in [0.717, 1.165) is 24.0 Å². The number of hydrogen-bond acceptors (Lipinski definition) is 3. The maximum absolute atomic E-state index is 12.6. The zero-order valence-corrected chi connectivity index (χ0v) is 14.9. The minimum absolute atomic E-state index is 0.268. The molecule has 0 saturated carbocycles. The first kappa shape index (κ1) is 17.2. The van der Waals surface area contributed by atoms with Crippen LogP contribution in [0.2, 0.25) is 0 Å². The van der Waals surface area contributed by atoms with Crippen LogP contribution in [0.25, 0.3) is 0 Å². The Labute approximate surface area is 148 Å². The average Bonchev–Trinajstić information content (AvgIpc) is 3.08. The van der Waals surface area contributed by atoms with Crippen molar-refractivity contribution in [2.75, 3.05) is 4.72 Å². The molecule has 0 bridgehead atoms. The van der Waals surface area contributed by atoms with Crippen molar-refractivity contribution in [3.05, 3.63) is 78.1 Å². The van der Waals surface area contributed by atoms with E-state index in [1.54, 1.807) is 29.1 Å². The van der Waals surface area contributed by atoms with Gasteiger partial charge in [0.05, 0.1) is 11.4 Å². The molecule has 0 aliphatic heterocycles. The van der Waals surface area contributed by atoms with Gasteiger partial charge in [-0.05, 0) is 47.9 Å². The van der Waals surface area contributed by atoms with Gasteiger partial charge in [-0.25, -0.2) is 8.42 Å². The first-order valence-electron chi connectivity index (χ1n) is 8.25. The SMILES string of the molecule is CCCc1ccc(S(=O)(=O)Nc2cccc(Cn3cccn3)c2)cc1. The molecule has 25 heavy (non-hydrogen) atoms. The average molecular weight is 355 g/mol. The highest BCUT2D eigenvalue weighted by Crippen LogP contribution is 2.18. The summed E-state index contributed by atoms with van der Waals surface area (Å²) in [6.07, 6.45) is 5.57. The molecule has 0 spiro atoms. The van der Waals surface area contributed by atoms with Gasteiger partial charge in [0.2, 0.25) is 0 Å². The Hall–Kier alpha value is -2.60. The maximum atomic E-state index is 12.6. The highest BCUT2D eigenvalue weighted by molar-refractivity contribution is 7.92. The number of sulfonamides is 1. The summed E-state index contributed by atoms with van der Waals surface area (Å²) in [5.41, 5.74) is 2.66. The molecule has 1 heterocycles. The van der Waals surface area contributed by atoms with Crippen molar-refractivity contribution in [2.45, 2.75) is 31.2 Å². The lowest BCUT2D eigenvalue weighted by atomic mass is 10.1. The number of anilines is 1. The van der Waals surface area contributed by atoms with Crippen molar-refractivity contribution in [3.63, 3.8) is 0 Å². The summed E-state index contributed by atoms with van der Waals surface area (Å²) in [7, 11) is -3.60. The zero-order chi connectivity index (χ0) is 17.7. The molecule has 0 radical (unpaired) electrons. The lowest BCUT2D eigenvalue weighted by Gasteiger charge is -2.10. The van der Waals surface area contributed by atoms with E-state index in [2.05, 4.69) is 16.7 Å². The third-order valence-electron chi connectivity index (χ3n) is 3.86. The van der Waals surface area contributed by atoms with Crippen molar-refractivity contribution < 1.29 is 8.42 Å². The van der Waals surface area contributed by atoms with Crippen LogP contribution in [0.5, 0.6) is 0 Å². The molecule has 130 valence electrons. The fourth-order valence-corrected chi connectivity index (χ4v) is 3.70. The van der Waals surface area contributed by atoms with Crippen LogP contribution in [0.3, 0.4) is 0 Å². The molecule has 6 heteroatoms. The first-order chi connectivity index (χ1) is 12.1. The van der Waals surface area contributed by atoms with Gasteiger partial charge in [-0.2, -0.15) is 5.10 Å². The summed E-state index contributed by atoms with van der Waals surface area (Å²) in [6, 6.07) is 16.2. The highest BCUT2D eigenvalue weighted by atomic mass is 32.2. The molecule has 3 aromatic rings. The number of benzene rings is 2. The van der Waals surface area contributed by atoms with Gasteiger partial charge in [0.15, 0.2) is 0 Å². The Morgan fingerprint density at radius 1 is 1.04 bits per heavy atom. The number of aromatic nitrogens is 2. The first-order valence-corrected chi connectivity index (χ1v) is 9.73. The minimum Gasteiger partial charge on any atom is -0.280 e. The van der Waals surface area contributed by atoms with Crippen molar-refractivity contribution in [1.29, 1.82) is 0 Å². The van der Waals surface area contributed by atoms with E-state index in [1.165, 1.54) is 0 Å². The molecule has 0 amide bonds. The number of rotatable bonds is 7. The molecule has 0 atom stereocenters. The van der Waals surface area contributed by atoms with Crippen LogP contribution in [-0.4, -0.2) is 18.2 Å². The normalized spacial score (nSPS) is 11.4. The second kappa shape index (κ2) is 7.53. The van der Waals surface area contributed by atoms with E-state index < -0.39 is 10.0 Å². The van der Waals surface area contributed by atoms with E-state index >= 15 is 0 Å². The van der Waals surface area contributed by atoms with Crippen LogP contribution in [0.4, 0.5) is 5.69 Å². The minimum atomic E-state index is -3.60. The molecule has 0 aliphatic rings. The number of hydrogen-bond donors (Lipinski definition) is 1. The van der Waals surface area contributed by atoms with Gasteiger partial charge >= 0.3 is 0 Å². The van der Waals surface area contributed by atoms with Gasteiger partial charge in [0, 0.05) is 18.1 Å². The van der Waals surface area contributed by atoms with Gasteiger partial charge in [0.25, 0.3) is 10.0 Å². The van der Waals surface area contributed by atoms with Crippen molar-refractivity contribution in [2.24, 2.45) is 0 Å². The third kappa shape index (κ3) is 4.48. The lowest BCUT2D eigenvalue weighted by molar-refractivity contribution is 0.601. The molecule has 0 unspecified atom stereocenters.